The SMILES string of the molecule is COc1ccccc1-c1nc(C(C)Cl)c(C)[nH]1.Cl. The molecular weight excluding hydrogens is 271 g/mol. The third-order valence-corrected chi connectivity index (χ3v) is 2.87. The van der Waals surface area contributed by atoms with Gasteiger partial charge in [0.15, 0.2) is 0 Å². The van der Waals surface area contributed by atoms with Crippen LogP contribution in [-0.4, -0.2) is 17.1 Å². The maximum Gasteiger partial charge on any atom is 0.141 e. The molecule has 2 rings (SSSR count). The molecule has 0 saturated carbocycles. The van der Waals surface area contributed by atoms with E-state index in [1.165, 1.54) is 0 Å². The molecule has 1 aromatic carbocycles. The highest BCUT2D eigenvalue weighted by Crippen LogP contribution is 2.30. The van der Waals surface area contributed by atoms with E-state index in [1.807, 2.05) is 38.1 Å². The minimum Gasteiger partial charge on any atom is -0.496 e. The second kappa shape index (κ2) is 6.12. The Bertz CT molecular complexity index is 523. The Kier molecular flexibility index (Phi) is 5.05. The molecule has 0 aliphatic carbocycles. The summed E-state index contributed by atoms with van der Waals surface area (Å²) in [6.07, 6.45) is 0. The van der Waals surface area contributed by atoms with Gasteiger partial charge < -0.3 is 9.72 Å². The number of H-pyrrole nitrogens is 1. The molecule has 0 bridgehead atoms. The number of benzene rings is 1. The fourth-order valence-electron chi connectivity index (χ4n) is 1.83. The van der Waals surface area contributed by atoms with E-state index in [-0.39, 0.29) is 17.8 Å². The molecular formula is C13H16Cl2N2O. The summed E-state index contributed by atoms with van der Waals surface area (Å²) in [5.74, 6) is 1.59. The third kappa shape index (κ3) is 2.79. The fraction of sp³-hybridized carbons (Fsp3) is 0.308. The van der Waals surface area contributed by atoms with Crippen LogP contribution in [0.15, 0.2) is 24.3 Å². The van der Waals surface area contributed by atoms with E-state index in [4.69, 9.17) is 16.3 Å². The minimum absolute atomic E-state index is 0. The van der Waals surface area contributed by atoms with Gasteiger partial charge in [-0.15, -0.1) is 24.0 Å². The molecule has 1 aromatic heterocycles. The summed E-state index contributed by atoms with van der Waals surface area (Å²) < 4.78 is 5.32. The minimum atomic E-state index is -0.102. The fourth-order valence-corrected chi connectivity index (χ4v) is 2.04. The number of alkyl halides is 1. The van der Waals surface area contributed by atoms with Crippen LogP contribution >= 0.6 is 24.0 Å². The first-order chi connectivity index (χ1) is 8.13. The average molecular weight is 287 g/mol. The Morgan fingerprint density at radius 1 is 1.33 bits per heavy atom. The standard InChI is InChI=1S/C13H15ClN2O.ClH/c1-8(14)12-9(2)15-13(16-12)10-6-4-5-7-11(10)17-3;/h4-8H,1-3H3,(H,15,16);1H. The smallest absolute Gasteiger partial charge is 0.141 e. The summed E-state index contributed by atoms with van der Waals surface area (Å²) in [5, 5.41) is -0.102. The lowest BCUT2D eigenvalue weighted by Crippen LogP contribution is -1.89. The zero-order chi connectivity index (χ0) is 12.4. The van der Waals surface area contributed by atoms with E-state index in [1.54, 1.807) is 7.11 Å². The number of nitrogens with one attached hydrogen (secondary N) is 1. The topological polar surface area (TPSA) is 37.9 Å². The van der Waals surface area contributed by atoms with E-state index >= 15 is 0 Å². The molecule has 1 N–H and O–H groups in total. The summed E-state index contributed by atoms with van der Waals surface area (Å²) >= 11 is 6.07. The van der Waals surface area contributed by atoms with Crippen LogP contribution in [0.25, 0.3) is 11.4 Å². The summed E-state index contributed by atoms with van der Waals surface area (Å²) in [6.45, 7) is 3.89. The van der Waals surface area contributed by atoms with Crippen LogP contribution in [0.1, 0.15) is 23.7 Å². The van der Waals surface area contributed by atoms with Gasteiger partial charge in [-0.2, -0.15) is 0 Å². The van der Waals surface area contributed by atoms with Crippen molar-refractivity contribution in [3.8, 4) is 17.1 Å². The van der Waals surface area contributed by atoms with Gasteiger partial charge in [-0.3, -0.25) is 0 Å². The van der Waals surface area contributed by atoms with Crippen molar-refractivity contribution in [3.05, 3.63) is 35.7 Å². The number of nitrogens with zero attached hydrogens (tertiary/aromatic N) is 1. The van der Waals surface area contributed by atoms with Crippen molar-refractivity contribution in [2.24, 2.45) is 0 Å². The third-order valence-electron chi connectivity index (χ3n) is 2.66. The molecule has 18 heavy (non-hydrogen) atoms. The van der Waals surface area contributed by atoms with Gasteiger partial charge in [0, 0.05) is 5.69 Å². The van der Waals surface area contributed by atoms with Crippen molar-refractivity contribution >= 4 is 24.0 Å². The number of para-hydroxylation sites is 1. The van der Waals surface area contributed by atoms with Crippen molar-refractivity contribution in [3.63, 3.8) is 0 Å². The van der Waals surface area contributed by atoms with Crippen LogP contribution < -0.4 is 4.74 Å². The monoisotopic (exact) mass is 286 g/mol. The maximum absolute atomic E-state index is 6.07. The molecule has 0 radical (unpaired) electrons. The number of aromatic amines is 1. The van der Waals surface area contributed by atoms with Crippen molar-refractivity contribution in [2.45, 2.75) is 19.2 Å². The number of ether oxygens (including phenoxy) is 1. The zero-order valence-corrected chi connectivity index (χ0v) is 12.1. The molecule has 1 unspecified atom stereocenters. The predicted octanol–water partition coefficient (Wildman–Crippen LogP) is 4.12. The lowest BCUT2D eigenvalue weighted by Gasteiger charge is -2.04. The maximum atomic E-state index is 6.07. The molecule has 0 fully saturated rings. The molecule has 5 heteroatoms. The first kappa shape index (κ1) is 14.9. The van der Waals surface area contributed by atoms with E-state index in [9.17, 15) is 0 Å². The lowest BCUT2D eigenvalue weighted by atomic mass is 10.2. The molecule has 1 atom stereocenters. The van der Waals surface area contributed by atoms with Crippen LogP contribution in [0, 0.1) is 6.92 Å². The van der Waals surface area contributed by atoms with Gasteiger partial charge >= 0.3 is 0 Å². The predicted molar refractivity (Wildman–Crippen MR) is 76.8 cm³/mol. The number of rotatable bonds is 3. The van der Waals surface area contributed by atoms with Crippen LogP contribution in [-0.2, 0) is 0 Å². The number of methoxy groups -OCH3 is 1. The molecule has 0 saturated heterocycles. The Morgan fingerprint density at radius 3 is 2.56 bits per heavy atom. The quantitative estimate of drug-likeness (QED) is 0.862. The van der Waals surface area contributed by atoms with Crippen molar-refractivity contribution < 1.29 is 4.74 Å². The van der Waals surface area contributed by atoms with Crippen LogP contribution in [0.4, 0.5) is 0 Å². The van der Waals surface area contributed by atoms with Crippen molar-refractivity contribution in [1.82, 2.24) is 9.97 Å². The second-order valence-corrected chi connectivity index (χ2v) is 4.57. The largest absolute Gasteiger partial charge is 0.496 e. The number of imidazole rings is 1. The van der Waals surface area contributed by atoms with Crippen LogP contribution in [0.3, 0.4) is 0 Å². The highest BCUT2D eigenvalue weighted by atomic mass is 35.5. The van der Waals surface area contributed by atoms with Gasteiger partial charge in [-0.05, 0) is 26.0 Å². The van der Waals surface area contributed by atoms with Crippen molar-refractivity contribution in [1.29, 1.82) is 0 Å². The first-order valence-corrected chi connectivity index (χ1v) is 5.91. The van der Waals surface area contributed by atoms with Gasteiger partial charge in [0.1, 0.15) is 11.6 Å². The van der Waals surface area contributed by atoms with Gasteiger partial charge in [0.05, 0.1) is 23.7 Å². The second-order valence-electron chi connectivity index (χ2n) is 3.91. The Labute approximate surface area is 118 Å². The average Bonchev–Trinajstić information content (AvgIpc) is 2.71. The summed E-state index contributed by atoms with van der Waals surface area (Å²) in [6, 6.07) is 7.78. The van der Waals surface area contributed by atoms with Gasteiger partial charge in [-0.25, -0.2) is 4.98 Å². The molecule has 0 spiro atoms. The van der Waals surface area contributed by atoms with E-state index in [2.05, 4.69) is 9.97 Å². The van der Waals surface area contributed by atoms with Crippen LogP contribution in [0.5, 0.6) is 5.75 Å². The number of halogens is 2. The molecule has 3 nitrogen and oxygen atoms in total. The lowest BCUT2D eigenvalue weighted by molar-refractivity contribution is 0.416. The Hall–Kier alpha value is -1.19. The van der Waals surface area contributed by atoms with E-state index in [0.717, 1.165) is 28.5 Å². The van der Waals surface area contributed by atoms with Gasteiger partial charge in [0.25, 0.3) is 0 Å². The summed E-state index contributed by atoms with van der Waals surface area (Å²) in [5.41, 5.74) is 2.82. The molecule has 0 amide bonds. The number of hydrogen-bond donors (Lipinski definition) is 1. The molecule has 1 heterocycles. The highest BCUT2D eigenvalue weighted by Gasteiger charge is 2.14. The summed E-state index contributed by atoms with van der Waals surface area (Å²) in [4.78, 5) is 7.76. The van der Waals surface area contributed by atoms with Crippen LogP contribution in [0.2, 0.25) is 0 Å². The Morgan fingerprint density at radius 2 is 2.00 bits per heavy atom. The normalized spacial score (nSPS) is 11.8. The highest BCUT2D eigenvalue weighted by molar-refractivity contribution is 6.20. The molecule has 98 valence electrons. The van der Waals surface area contributed by atoms with Gasteiger partial charge in [0.2, 0.25) is 0 Å². The molecule has 0 aliphatic rings. The summed E-state index contributed by atoms with van der Waals surface area (Å²) in [7, 11) is 1.65. The van der Waals surface area contributed by atoms with E-state index in [0.29, 0.717) is 0 Å². The number of aromatic nitrogens is 2. The zero-order valence-electron chi connectivity index (χ0n) is 10.5. The number of aryl methyl sites for hydroxylation is 1. The first-order valence-electron chi connectivity index (χ1n) is 5.47. The van der Waals surface area contributed by atoms with E-state index < -0.39 is 0 Å². The van der Waals surface area contributed by atoms with Crippen molar-refractivity contribution in [2.75, 3.05) is 7.11 Å². The Balaban J connectivity index is 0.00000162. The molecule has 2 aromatic rings. The number of hydrogen-bond acceptors (Lipinski definition) is 2. The molecule has 0 aliphatic heterocycles. The van der Waals surface area contributed by atoms with Gasteiger partial charge in [-0.1, -0.05) is 12.1 Å².